The van der Waals surface area contributed by atoms with E-state index in [1.807, 2.05) is 36.9 Å². The van der Waals surface area contributed by atoms with E-state index in [2.05, 4.69) is 6.07 Å². The van der Waals surface area contributed by atoms with Crippen molar-refractivity contribution in [2.45, 2.75) is 13.3 Å². The highest BCUT2D eigenvalue weighted by Crippen LogP contribution is 2.32. The van der Waals surface area contributed by atoms with Crippen molar-refractivity contribution in [2.24, 2.45) is 0 Å². The maximum atomic E-state index is 12.1. The van der Waals surface area contributed by atoms with E-state index in [1.165, 1.54) is 5.56 Å². The number of carbonyl (C=O) groups is 1. The Labute approximate surface area is 102 Å². The maximum absolute atomic E-state index is 12.1. The van der Waals surface area contributed by atoms with Crippen molar-refractivity contribution in [2.75, 3.05) is 37.8 Å². The number of anilines is 2. The molecule has 0 unspecified atom stereocenters. The van der Waals surface area contributed by atoms with Gasteiger partial charge in [0.15, 0.2) is 0 Å². The van der Waals surface area contributed by atoms with Gasteiger partial charge in [-0.2, -0.15) is 0 Å². The number of carbonyl (C=O) groups excluding carboxylic acids is 1. The van der Waals surface area contributed by atoms with E-state index >= 15 is 0 Å². The average Bonchev–Trinajstić information content (AvgIpc) is 2.60. The summed E-state index contributed by atoms with van der Waals surface area (Å²) in [6.45, 7) is 3.21. The molecule has 0 aliphatic carbocycles. The minimum atomic E-state index is 0.136. The van der Waals surface area contributed by atoms with Crippen molar-refractivity contribution >= 4 is 17.3 Å². The number of amides is 1. The zero-order chi connectivity index (χ0) is 12.6. The number of likely N-dealkylation sites (N-methyl/N-ethyl adjacent to an activating group) is 1. The number of nitrogens with two attached hydrogens (primary N) is 1. The summed E-state index contributed by atoms with van der Waals surface area (Å²) < 4.78 is 0. The minimum absolute atomic E-state index is 0.136. The predicted octanol–water partition coefficient (Wildman–Crippen LogP) is 1.03. The maximum Gasteiger partial charge on any atom is 0.241 e. The molecule has 0 spiro atoms. The smallest absolute Gasteiger partial charge is 0.241 e. The second kappa shape index (κ2) is 4.37. The molecule has 0 radical (unpaired) electrons. The summed E-state index contributed by atoms with van der Waals surface area (Å²) >= 11 is 0. The quantitative estimate of drug-likeness (QED) is 0.776. The molecule has 0 atom stereocenters. The molecule has 0 saturated carbocycles. The van der Waals surface area contributed by atoms with Crippen LogP contribution in [0.5, 0.6) is 0 Å². The van der Waals surface area contributed by atoms with Crippen molar-refractivity contribution in [3.8, 4) is 0 Å². The Morgan fingerprint density at radius 2 is 2.18 bits per heavy atom. The van der Waals surface area contributed by atoms with Crippen LogP contribution in [-0.2, 0) is 11.2 Å². The summed E-state index contributed by atoms with van der Waals surface area (Å²) in [6, 6.07) is 4.01. The van der Waals surface area contributed by atoms with Crippen molar-refractivity contribution < 1.29 is 4.79 Å². The van der Waals surface area contributed by atoms with E-state index in [9.17, 15) is 4.79 Å². The number of hydrogen-bond acceptors (Lipinski definition) is 3. The van der Waals surface area contributed by atoms with Crippen LogP contribution in [-0.4, -0.2) is 38.0 Å². The molecular formula is C13H19N3O. The van der Waals surface area contributed by atoms with Gasteiger partial charge in [0.25, 0.3) is 0 Å². The number of aryl methyl sites for hydroxylation is 1. The van der Waals surface area contributed by atoms with Gasteiger partial charge >= 0.3 is 0 Å². The molecule has 1 aromatic carbocycles. The first-order valence-electron chi connectivity index (χ1n) is 5.83. The van der Waals surface area contributed by atoms with E-state index in [0.717, 1.165) is 29.9 Å². The van der Waals surface area contributed by atoms with Gasteiger partial charge in [-0.1, -0.05) is 6.07 Å². The fraction of sp³-hybridized carbons (Fsp3) is 0.462. The van der Waals surface area contributed by atoms with Gasteiger partial charge in [-0.25, -0.2) is 0 Å². The second-order valence-electron chi connectivity index (χ2n) is 4.87. The third-order valence-corrected chi connectivity index (χ3v) is 3.12. The van der Waals surface area contributed by atoms with Gasteiger partial charge in [0.05, 0.1) is 6.54 Å². The van der Waals surface area contributed by atoms with Crippen LogP contribution in [0, 0.1) is 6.92 Å². The Balaban J connectivity index is 2.27. The van der Waals surface area contributed by atoms with Crippen molar-refractivity contribution in [3.05, 3.63) is 23.3 Å². The van der Waals surface area contributed by atoms with Gasteiger partial charge < -0.3 is 15.5 Å². The first-order chi connectivity index (χ1) is 7.99. The lowest BCUT2D eigenvalue weighted by molar-refractivity contribution is -0.119. The predicted molar refractivity (Wildman–Crippen MR) is 70.2 cm³/mol. The number of rotatable bonds is 2. The molecule has 4 heteroatoms. The van der Waals surface area contributed by atoms with Crippen LogP contribution in [0.2, 0.25) is 0 Å². The molecular weight excluding hydrogens is 214 g/mol. The average molecular weight is 233 g/mol. The van der Waals surface area contributed by atoms with Crippen LogP contribution in [0.15, 0.2) is 12.1 Å². The van der Waals surface area contributed by atoms with Gasteiger partial charge in [0, 0.05) is 17.9 Å². The second-order valence-corrected chi connectivity index (χ2v) is 4.87. The molecule has 17 heavy (non-hydrogen) atoms. The topological polar surface area (TPSA) is 49.6 Å². The molecule has 1 heterocycles. The molecule has 1 amide bonds. The van der Waals surface area contributed by atoms with Crippen LogP contribution < -0.4 is 10.6 Å². The summed E-state index contributed by atoms with van der Waals surface area (Å²) in [6.07, 6.45) is 0.926. The van der Waals surface area contributed by atoms with Crippen LogP contribution >= 0.6 is 0 Å². The highest BCUT2D eigenvalue weighted by atomic mass is 16.2. The number of fused-ring (bicyclic) bond motifs is 1. The van der Waals surface area contributed by atoms with E-state index in [0.29, 0.717) is 6.54 Å². The molecule has 2 N–H and O–H groups in total. The Morgan fingerprint density at radius 3 is 2.82 bits per heavy atom. The first-order valence-corrected chi connectivity index (χ1v) is 5.83. The summed E-state index contributed by atoms with van der Waals surface area (Å²) in [5.41, 5.74) is 9.97. The molecule has 0 bridgehead atoms. The molecule has 0 aromatic heterocycles. The van der Waals surface area contributed by atoms with Crippen molar-refractivity contribution in [3.63, 3.8) is 0 Å². The summed E-state index contributed by atoms with van der Waals surface area (Å²) in [5, 5.41) is 0. The monoisotopic (exact) mass is 233 g/mol. The Hall–Kier alpha value is -1.55. The lowest BCUT2D eigenvalue weighted by Crippen LogP contribution is -2.36. The fourth-order valence-corrected chi connectivity index (χ4v) is 2.19. The van der Waals surface area contributed by atoms with Crippen molar-refractivity contribution in [1.82, 2.24) is 4.90 Å². The molecule has 0 saturated heterocycles. The van der Waals surface area contributed by atoms with E-state index in [4.69, 9.17) is 5.73 Å². The summed E-state index contributed by atoms with van der Waals surface area (Å²) in [5.74, 6) is 0.136. The Kier molecular flexibility index (Phi) is 3.07. The zero-order valence-corrected chi connectivity index (χ0v) is 10.7. The van der Waals surface area contributed by atoms with Crippen LogP contribution in [0.4, 0.5) is 11.4 Å². The van der Waals surface area contributed by atoms with Crippen molar-refractivity contribution in [1.29, 1.82) is 0 Å². The fourth-order valence-electron chi connectivity index (χ4n) is 2.19. The molecule has 2 rings (SSSR count). The van der Waals surface area contributed by atoms with Crippen LogP contribution in [0.3, 0.4) is 0 Å². The molecule has 1 aliphatic rings. The van der Waals surface area contributed by atoms with Gasteiger partial charge in [-0.3, -0.25) is 4.79 Å². The van der Waals surface area contributed by atoms with Gasteiger partial charge in [0.1, 0.15) is 0 Å². The first kappa shape index (κ1) is 11.9. The number of hydrogen-bond donors (Lipinski definition) is 1. The number of nitrogens with zero attached hydrogens (tertiary/aromatic N) is 2. The SMILES string of the molecule is Cc1cc2c(cc1N)N(C(=O)CN(C)C)CC2. The number of nitrogen functional groups attached to an aromatic ring is 1. The normalized spacial score (nSPS) is 14.2. The summed E-state index contributed by atoms with van der Waals surface area (Å²) in [4.78, 5) is 15.8. The molecule has 4 nitrogen and oxygen atoms in total. The van der Waals surface area contributed by atoms with E-state index in [1.54, 1.807) is 0 Å². The number of benzene rings is 1. The van der Waals surface area contributed by atoms with Crippen LogP contribution in [0.1, 0.15) is 11.1 Å². The third-order valence-electron chi connectivity index (χ3n) is 3.12. The molecule has 1 aromatic rings. The standard InChI is InChI=1S/C13H19N3O/c1-9-6-10-4-5-16(12(10)7-11(9)14)13(17)8-15(2)3/h6-7H,4-5,8,14H2,1-3H3. The zero-order valence-electron chi connectivity index (χ0n) is 10.7. The Morgan fingerprint density at radius 1 is 1.47 bits per heavy atom. The van der Waals surface area contributed by atoms with Crippen LogP contribution in [0.25, 0.3) is 0 Å². The lowest BCUT2D eigenvalue weighted by atomic mass is 10.1. The lowest BCUT2D eigenvalue weighted by Gasteiger charge is -2.20. The van der Waals surface area contributed by atoms with Gasteiger partial charge in [-0.15, -0.1) is 0 Å². The largest absolute Gasteiger partial charge is 0.398 e. The van der Waals surface area contributed by atoms with Gasteiger partial charge in [-0.05, 0) is 44.6 Å². The third kappa shape index (κ3) is 2.26. The highest BCUT2D eigenvalue weighted by molar-refractivity contribution is 5.97. The molecule has 1 aliphatic heterocycles. The van der Waals surface area contributed by atoms with Gasteiger partial charge in [0.2, 0.25) is 5.91 Å². The Bertz CT molecular complexity index is 454. The van der Waals surface area contributed by atoms with E-state index in [-0.39, 0.29) is 5.91 Å². The molecule has 0 fully saturated rings. The minimum Gasteiger partial charge on any atom is -0.398 e. The summed E-state index contributed by atoms with van der Waals surface area (Å²) in [7, 11) is 3.80. The van der Waals surface area contributed by atoms with E-state index < -0.39 is 0 Å². The molecule has 92 valence electrons. The highest BCUT2D eigenvalue weighted by Gasteiger charge is 2.25.